The molecule has 8 heteroatoms. The molecular formula is C10H8ClN5O2. The first-order valence-electron chi connectivity index (χ1n) is 4.77. The van der Waals surface area contributed by atoms with Gasteiger partial charge in [-0.1, -0.05) is 17.7 Å². The quantitative estimate of drug-likeness (QED) is 0.740. The van der Waals surface area contributed by atoms with Crippen molar-refractivity contribution >= 4 is 29.5 Å². The highest BCUT2D eigenvalue weighted by molar-refractivity contribution is 6.33. The molecule has 7 nitrogen and oxygen atoms in total. The molecule has 5 N–H and O–H groups in total. The maximum atomic E-state index is 10.8. The minimum Gasteiger partial charge on any atom is -0.478 e. The van der Waals surface area contributed by atoms with E-state index in [9.17, 15) is 4.79 Å². The first-order chi connectivity index (χ1) is 8.47. The molecule has 2 rings (SSSR count). The number of rotatable bonds is 2. The maximum absolute atomic E-state index is 10.8. The van der Waals surface area contributed by atoms with Gasteiger partial charge in [0.1, 0.15) is 0 Å². The van der Waals surface area contributed by atoms with Crippen molar-refractivity contribution in [2.45, 2.75) is 0 Å². The molecule has 1 heterocycles. The van der Waals surface area contributed by atoms with Crippen molar-refractivity contribution in [3.8, 4) is 11.4 Å². The fraction of sp³-hybridized carbons (Fsp3) is 0. The molecule has 18 heavy (non-hydrogen) atoms. The molecule has 0 aliphatic rings. The third-order valence-electron chi connectivity index (χ3n) is 2.13. The zero-order valence-electron chi connectivity index (χ0n) is 8.96. The lowest BCUT2D eigenvalue weighted by Gasteiger charge is -2.04. The second-order valence-electron chi connectivity index (χ2n) is 3.38. The summed E-state index contributed by atoms with van der Waals surface area (Å²) < 4.78 is 0. The summed E-state index contributed by atoms with van der Waals surface area (Å²) in [5, 5.41) is 8.93. The molecule has 1 aromatic carbocycles. The van der Waals surface area contributed by atoms with E-state index in [1.54, 1.807) is 0 Å². The largest absolute Gasteiger partial charge is 0.478 e. The summed E-state index contributed by atoms with van der Waals surface area (Å²) in [6.07, 6.45) is 0. The molecule has 0 aliphatic heterocycles. The number of aromatic carboxylic acids is 1. The van der Waals surface area contributed by atoms with E-state index >= 15 is 0 Å². The molecule has 0 fully saturated rings. The van der Waals surface area contributed by atoms with Crippen LogP contribution in [-0.2, 0) is 0 Å². The summed E-state index contributed by atoms with van der Waals surface area (Å²) in [5.74, 6) is -0.910. The number of nitrogen functional groups attached to an aromatic ring is 2. The van der Waals surface area contributed by atoms with Gasteiger partial charge in [0.25, 0.3) is 0 Å². The van der Waals surface area contributed by atoms with Gasteiger partial charge in [0.2, 0.25) is 11.9 Å². The van der Waals surface area contributed by atoms with Gasteiger partial charge in [-0.25, -0.2) is 4.79 Å². The lowest BCUT2D eigenvalue weighted by molar-refractivity contribution is 0.0697. The second-order valence-corrected chi connectivity index (χ2v) is 3.78. The monoisotopic (exact) mass is 265 g/mol. The van der Waals surface area contributed by atoms with E-state index in [4.69, 9.17) is 28.2 Å². The minimum absolute atomic E-state index is 0.00424. The first kappa shape index (κ1) is 12.1. The van der Waals surface area contributed by atoms with Crippen molar-refractivity contribution < 1.29 is 9.90 Å². The van der Waals surface area contributed by atoms with E-state index in [0.717, 1.165) is 0 Å². The minimum atomic E-state index is -1.11. The fourth-order valence-electron chi connectivity index (χ4n) is 1.37. The van der Waals surface area contributed by atoms with E-state index in [2.05, 4.69) is 15.0 Å². The second kappa shape index (κ2) is 4.46. The highest BCUT2D eigenvalue weighted by Gasteiger charge is 2.11. The third-order valence-corrected chi connectivity index (χ3v) is 2.44. The van der Waals surface area contributed by atoms with Crippen LogP contribution in [0, 0.1) is 0 Å². The van der Waals surface area contributed by atoms with Gasteiger partial charge in [-0.2, -0.15) is 15.0 Å². The Morgan fingerprint density at radius 3 is 2.28 bits per heavy atom. The van der Waals surface area contributed by atoms with Crippen LogP contribution in [0.2, 0.25) is 5.02 Å². The number of nitrogens with zero attached hydrogens (tertiary/aromatic N) is 3. The molecule has 0 saturated heterocycles. The van der Waals surface area contributed by atoms with E-state index in [-0.39, 0.29) is 28.3 Å². The number of hydrogen-bond donors (Lipinski definition) is 3. The van der Waals surface area contributed by atoms with Crippen LogP contribution in [0.25, 0.3) is 11.4 Å². The van der Waals surface area contributed by atoms with Crippen molar-refractivity contribution in [3.63, 3.8) is 0 Å². The van der Waals surface area contributed by atoms with Gasteiger partial charge in [-0.3, -0.25) is 0 Å². The Bertz CT molecular complexity index is 611. The number of halogens is 1. The number of benzene rings is 1. The molecule has 0 amide bonds. The number of hydrogen-bond acceptors (Lipinski definition) is 6. The van der Waals surface area contributed by atoms with Crippen LogP contribution in [0.1, 0.15) is 10.4 Å². The molecule has 1 aromatic heterocycles. The number of nitrogens with two attached hydrogens (primary N) is 2. The van der Waals surface area contributed by atoms with Crippen molar-refractivity contribution in [1.82, 2.24) is 15.0 Å². The number of anilines is 2. The summed E-state index contributed by atoms with van der Waals surface area (Å²) >= 11 is 5.84. The molecule has 0 radical (unpaired) electrons. The topological polar surface area (TPSA) is 128 Å². The van der Waals surface area contributed by atoms with Crippen LogP contribution in [-0.4, -0.2) is 26.0 Å². The lowest BCUT2D eigenvalue weighted by atomic mass is 10.1. The zero-order chi connectivity index (χ0) is 13.3. The molecular weight excluding hydrogens is 258 g/mol. The normalized spacial score (nSPS) is 10.3. The van der Waals surface area contributed by atoms with Crippen LogP contribution < -0.4 is 11.5 Å². The summed E-state index contributed by atoms with van der Waals surface area (Å²) in [5.41, 5.74) is 11.4. The Kier molecular flexibility index (Phi) is 2.99. The maximum Gasteiger partial charge on any atom is 0.337 e. The highest BCUT2D eigenvalue weighted by atomic mass is 35.5. The number of carboxylic acid groups (broad SMARTS) is 1. The Balaban J connectivity index is 2.52. The molecule has 2 aromatic rings. The van der Waals surface area contributed by atoms with Gasteiger partial charge in [0.15, 0.2) is 5.82 Å². The predicted octanol–water partition coefficient (Wildman–Crippen LogP) is 1.05. The first-order valence-corrected chi connectivity index (χ1v) is 5.15. The van der Waals surface area contributed by atoms with Gasteiger partial charge in [-0.05, 0) is 12.1 Å². The van der Waals surface area contributed by atoms with E-state index in [0.29, 0.717) is 5.56 Å². The smallest absolute Gasteiger partial charge is 0.337 e. The average molecular weight is 266 g/mol. The van der Waals surface area contributed by atoms with Gasteiger partial charge in [-0.15, -0.1) is 0 Å². The standard InChI is InChI=1S/C10H8ClN5O2/c11-6-3-4(1-2-5(6)8(17)18)7-14-9(12)16-10(13)15-7/h1-3H,(H,17,18)(H4,12,13,14,15,16). The van der Waals surface area contributed by atoms with E-state index < -0.39 is 5.97 Å². The fourth-order valence-corrected chi connectivity index (χ4v) is 1.63. The number of carbonyl (C=O) groups is 1. The van der Waals surface area contributed by atoms with E-state index in [1.165, 1.54) is 18.2 Å². The van der Waals surface area contributed by atoms with Crippen LogP contribution in [0.5, 0.6) is 0 Å². The SMILES string of the molecule is Nc1nc(N)nc(-c2ccc(C(=O)O)c(Cl)c2)n1. The number of carboxylic acids is 1. The van der Waals surface area contributed by atoms with Crippen molar-refractivity contribution in [3.05, 3.63) is 28.8 Å². The van der Waals surface area contributed by atoms with Crippen LogP contribution in [0.4, 0.5) is 11.9 Å². The van der Waals surface area contributed by atoms with Gasteiger partial charge in [0, 0.05) is 5.56 Å². The summed E-state index contributed by atoms with van der Waals surface area (Å²) in [6, 6.07) is 4.30. The number of aromatic nitrogens is 3. The van der Waals surface area contributed by atoms with Crippen molar-refractivity contribution in [2.75, 3.05) is 11.5 Å². The molecule has 0 saturated carbocycles. The summed E-state index contributed by atoms with van der Waals surface area (Å²) in [4.78, 5) is 22.2. The zero-order valence-corrected chi connectivity index (χ0v) is 9.72. The van der Waals surface area contributed by atoms with Gasteiger partial charge < -0.3 is 16.6 Å². The Morgan fingerprint density at radius 1 is 1.17 bits per heavy atom. The highest BCUT2D eigenvalue weighted by Crippen LogP contribution is 2.24. The summed E-state index contributed by atoms with van der Waals surface area (Å²) in [6.45, 7) is 0. The molecule has 92 valence electrons. The van der Waals surface area contributed by atoms with E-state index in [1.807, 2.05) is 0 Å². The average Bonchev–Trinajstić information content (AvgIpc) is 2.26. The summed E-state index contributed by atoms with van der Waals surface area (Å²) in [7, 11) is 0. The Morgan fingerprint density at radius 2 is 1.78 bits per heavy atom. The Hall–Kier alpha value is -2.41. The third kappa shape index (κ3) is 2.30. The van der Waals surface area contributed by atoms with Crippen molar-refractivity contribution in [2.24, 2.45) is 0 Å². The van der Waals surface area contributed by atoms with Gasteiger partial charge in [0.05, 0.1) is 10.6 Å². The molecule has 0 aliphatic carbocycles. The molecule has 0 spiro atoms. The van der Waals surface area contributed by atoms with Crippen LogP contribution >= 0.6 is 11.6 Å². The lowest BCUT2D eigenvalue weighted by Crippen LogP contribution is -2.04. The van der Waals surface area contributed by atoms with Crippen LogP contribution in [0.3, 0.4) is 0 Å². The predicted molar refractivity (Wildman–Crippen MR) is 66.1 cm³/mol. The van der Waals surface area contributed by atoms with Crippen molar-refractivity contribution in [1.29, 1.82) is 0 Å². The molecule has 0 atom stereocenters. The molecule has 0 unspecified atom stereocenters. The van der Waals surface area contributed by atoms with Gasteiger partial charge >= 0.3 is 5.97 Å². The van der Waals surface area contributed by atoms with Crippen LogP contribution in [0.15, 0.2) is 18.2 Å². The Labute approximate surface area is 106 Å². The molecule has 0 bridgehead atoms.